The van der Waals surface area contributed by atoms with Gasteiger partial charge in [0.2, 0.25) is 0 Å². The average molecular weight is 484 g/mol. The molecule has 33 heavy (non-hydrogen) atoms. The van der Waals surface area contributed by atoms with Gasteiger partial charge in [-0.3, -0.25) is 4.79 Å². The number of aromatic amines is 1. The average Bonchev–Trinajstić information content (AvgIpc) is 3.26. The second kappa shape index (κ2) is 10.9. The minimum Gasteiger partial charge on any atom is -0.872 e. The van der Waals surface area contributed by atoms with Gasteiger partial charge in [-0.05, 0) is 74.2 Å². The van der Waals surface area contributed by atoms with Crippen LogP contribution in [0.5, 0.6) is 5.75 Å². The van der Waals surface area contributed by atoms with Crippen LogP contribution in [0.25, 0.3) is 11.4 Å². The largest absolute Gasteiger partial charge is 0.872 e. The number of hydrogen-bond donors (Lipinski definition) is 2. The van der Waals surface area contributed by atoms with Gasteiger partial charge in [0.05, 0.1) is 28.2 Å². The van der Waals surface area contributed by atoms with E-state index in [1.54, 1.807) is 19.1 Å². The van der Waals surface area contributed by atoms with Crippen LogP contribution in [0.1, 0.15) is 50.6 Å². The Morgan fingerprint density at radius 2 is 1.88 bits per heavy atom. The molecule has 1 heterocycles. The van der Waals surface area contributed by atoms with E-state index in [-0.39, 0.29) is 17.4 Å². The highest BCUT2D eigenvalue weighted by Gasteiger charge is 2.30. The summed E-state index contributed by atoms with van der Waals surface area (Å²) in [5.41, 5.74) is 5.03. The Kier molecular flexibility index (Phi) is 7.67. The maximum Gasteiger partial charge on any atom is 0.337 e. The van der Waals surface area contributed by atoms with Gasteiger partial charge in [-0.25, -0.2) is 9.99 Å². The van der Waals surface area contributed by atoms with Crippen molar-refractivity contribution in [1.82, 2.24) is 15.6 Å². The van der Waals surface area contributed by atoms with Crippen molar-refractivity contribution in [3.8, 4) is 17.1 Å². The Labute approximate surface area is 202 Å². The van der Waals surface area contributed by atoms with Crippen LogP contribution in [0, 0.1) is 0 Å². The molecule has 0 bridgehead atoms. The van der Waals surface area contributed by atoms with Crippen molar-refractivity contribution in [1.29, 1.82) is 0 Å². The Morgan fingerprint density at radius 3 is 2.58 bits per heavy atom. The predicted octanol–water partition coefficient (Wildman–Crippen LogP) is 4.23. The number of hydrazone groups is 1. The maximum atomic E-state index is 12.5. The molecule has 0 spiro atoms. The molecule has 4 rings (SSSR count). The smallest absolute Gasteiger partial charge is 0.337 e. The first-order chi connectivity index (χ1) is 16.0. The monoisotopic (exact) mass is 483 g/mol. The molecule has 9 heteroatoms. The van der Waals surface area contributed by atoms with E-state index in [4.69, 9.17) is 11.6 Å². The molecule has 0 aliphatic heterocycles. The van der Waals surface area contributed by atoms with Crippen LogP contribution in [-0.2, 0) is 4.79 Å². The number of halogens is 1. The van der Waals surface area contributed by atoms with Crippen molar-refractivity contribution in [2.45, 2.75) is 50.2 Å². The van der Waals surface area contributed by atoms with E-state index in [1.807, 2.05) is 24.3 Å². The van der Waals surface area contributed by atoms with Crippen molar-refractivity contribution in [2.24, 2.45) is 5.10 Å². The first kappa shape index (κ1) is 23.3. The van der Waals surface area contributed by atoms with E-state index >= 15 is 0 Å². The number of amides is 1. The predicted molar refractivity (Wildman–Crippen MR) is 128 cm³/mol. The van der Waals surface area contributed by atoms with E-state index in [2.05, 4.69) is 25.3 Å². The molecule has 0 atom stereocenters. The minimum absolute atomic E-state index is 0.0600. The van der Waals surface area contributed by atoms with Gasteiger partial charge in [-0.1, -0.05) is 42.3 Å². The van der Waals surface area contributed by atoms with Gasteiger partial charge < -0.3 is 5.11 Å². The fourth-order valence-electron chi connectivity index (χ4n) is 3.96. The number of nitrogens with one attached hydrogen (secondary N) is 2. The molecular formula is C24H26ClN5O2S. The van der Waals surface area contributed by atoms with Crippen molar-refractivity contribution in [3.05, 3.63) is 59.1 Å². The summed E-state index contributed by atoms with van der Waals surface area (Å²) in [6.45, 7) is 1.79. The van der Waals surface area contributed by atoms with Crippen molar-refractivity contribution in [2.75, 3.05) is 5.75 Å². The van der Waals surface area contributed by atoms with Crippen LogP contribution in [0.4, 0.5) is 0 Å². The standard InChI is InChI=1S/C24H26ClN5O2S/c1-16(17-9-13-21(31)14-10-17)26-27-22(32)15-33-24-29-28-23(18-7-11-19(25)12-8-18)30(24)20-5-3-2-4-6-20/h7-14,20H,2-6,15H2,1H3,(H2,26,27,31,32). The number of carbonyl (C=O) groups is 1. The summed E-state index contributed by atoms with van der Waals surface area (Å²) < 4.78 is 2.24. The lowest BCUT2D eigenvalue weighted by Gasteiger charge is -2.21. The molecule has 1 aliphatic rings. The SMILES string of the molecule is C/C(=N\NC(=O)CSc1n[nH]c(-c2ccc(Cl)cc2)[n+]1C1CCCCC1)c1ccc([O-])cc1. The normalized spacial score (nSPS) is 14.9. The third-order valence-corrected chi connectivity index (χ3v) is 6.92. The lowest BCUT2D eigenvalue weighted by atomic mass is 9.95. The van der Waals surface area contributed by atoms with Gasteiger partial charge in [0.15, 0.2) is 0 Å². The molecule has 0 saturated heterocycles. The van der Waals surface area contributed by atoms with Crippen LogP contribution >= 0.6 is 23.4 Å². The molecule has 2 N–H and O–H groups in total. The zero-order chi connectivity index (χ0) is 23.2. The topological polar surface area (TPSA) is 97.1 Å². The van der Waals surface area contributed by atoms with E-state index in [1.165, 1.54) is 43.2 Å². The summed E-state index contributed by atoms with van der Waals surface area (Å²) >= 11 is 7.46. The van der Waals surface area contributed by atoms with Crippen LogP contribution in [0.15, 0.2) is 58.8 Å². The Balaban J connectivity index is 1.47. The zero-order valence-corrected chi connectivity index (χ0v) is 20.0. The summed E-state index contributed by atoms with van der Waals surface area (Å²) in [4.78, 5) is 12.5. The molecule has 0 radical (unpaired) electrons. The van der Waals surface area contributed by atoms with Gasteiger partial charge >= 0.3 is 5.16 Å². The summed E-state index contributed by atoms with van der Waals surface area (Å²) in [6.07, 6.45) is 5.82. The number of H-pyrrole nitrogens is 1. The number of aromatic nitrogens is 3. The molecule has 1 aliphatic carbocycles. The molecule has 1 amide bonds. The maximum absolute atomic E-state index is 12.5. The molecule has 172 valence electrons. The van der Waals surface area contributed by atoms with Crippen LogP contribution in [0.3, 0.4) is 0 Å². The van der Waals surface area contributed by atoms with Crippen LogP contribution < -0.4 is 15.1 Å². The highest BCUT2D eigenvalue weighted by molar-refractivity contribution is 7.99. The summed E-state index contributed by atoms with van der Waals surface area (Å²) in [5, 5.41) is 24.6. The second-order valence-electron chi connectivity index (χ2n) is 8.07. The van der Waals surface area contributed by atoms with Gasteiger partial charge in [0, 0.05) is 5.02 Å². The van der Waals surface area contributed by atoms with Gasteiger partial charge in [0.1, 0.15) is 0 Å². The van der Waals surface area contributed by atoms with Gasteiger partial charge in [0.25, 0.3) is 11.7 Å². The third-order valence-electron chi connectivity index (χ3n) is 5.71. The highest BCUT2D eigenvalue weighted by atomic mass is 35.5. The minimum atomic E-state index is -0.217. The fourth-order valence-corrected chi connectivity index (χ4v) is 4.90. The first-order valence-electron chi connectivity index (χ1n) is 11.0. The van der Waals surface area contributed by atoms with Gasteiger partial charge in [-0.2, -0.15) is 5.10 Å². The van der Waals surface area contributed by atoms with Gasteiger partial charge in [-0.15, -0.1) is 10.8 Å². The first-order valence-corrected chi connectivity index (χ1v) is 12.4. The second-order valence-corrected chi connectivity index (χ2v) is 9.45. The number of nitrogens with zero attached hydrogens (tertiary/aromatic N) is 3. The molecule has 1 fully saturated rings. The van der Waals surface area contributed by atoms with Crippen molar-refractivity contribution < 1.29 is 14.5 Å². The number of hydrogen-bond acceptors (Lipinski definition) is 5. The van der Waals surface area contributed by atoms with E-state index in [9.17, 15) is 9.90 Å². The molecule has 1 saturated carbocycles. The highest BCUT2D eigenvalue weighted by Crippen LogP contribution is 2.29. The van der Waals surface area contributed by atoms with E-state index < -0.39 is 0 Å². The molecule has 3 aromatic rings. The fraction of sp³-hybridized carbons (Fsp3) is 0.333. The third kappa shape index (κ3) is 5.94. The Hall–Kier alpha value is -2.84. The summed E-state index contributed by atoms with van der Waals surface area (Å²) in [6, 6.07) is 14.4. The number of thioether (sulfide) groups is 1. The molecular weight excluding hydrogens is 458 g/mol. The quantitative estimate of drug-likeness (QED) is 0.227. The van der Waals surface area contributed by atoms with Crippen LogP contribution in [0.2, 0.25) is 5.02 Å². The molecule has 2 aromatic carbocycles. The Bertz CT molecular complexity index is 1120. The molecule has 0 unspecified atom stereocenters. The lowest BCUT2D eigenvalue weighted by Crippen LogP contribution is -2.43. The number of rotatable bonds is 7. The molecule has 7 nitrogen and oxygen atoms in total. The number of benzene rings is 2. The van der Waals surface area contributed by atoms with E-state index in [0.29, 0.717) is 16.8 Å². The molecule has 1 aromatic heterocycles. The zero-order valence-electron chi connectivity index (χ0n) is 18.4. The summed E-state index contributed by atoms with van der Waals surface area (Å²) in [5.74, 6) is 0.840. The summed E-state index contributed by atoms with van der Waals surface area (Å²) in [7, 11) is 0. The van der Waals surface area contributed by atoms with Crippen molar-refractivity contribution in [3.63, 3.8) is 0 Å². The number of carbonyl (C=O) groups excluding carboxylic acids is 1. The lowest BCUT2D eigenvalue weighted by molar-refractivity contribution is -0.749. The van der Waals surface area contributed by atoms with E-state index in [0.717, 1.165) is 34.9 Å². The Morgan fingerprint density at radius 1 is 1.18 bits per heavy atom. The van der Waals surface area contributed by atoms with Crippen molar-refractivity contribution >= 4 is 35.0 Å². The van der Waals surface area contributed by atoms with Crippen LogP contribution in [-0.4, -0.2) is 27.6 Å².